The molecule has 0 fully saturated rings. The number of hydrogen-bond donors (Lipinski definition) is 2. The molecule has 0 amide bonds. The molecule has 0 bridgehead atoms. The number of halogens is 1. The first kappa shape index (κ1) is 15.2. The Kier molecular flexibility index (Phi) is 3.75. The van der Waals surface area contributed by atoms with Gasteiger partial charge in [0.2, 0.25) is 6.10 Å². The predicted octanol–water partition coefficient (Wildman–Crippen LogP) is 3.74. The fraction of sp³-hybridized carbons (Fsp3) is 0.0526. The number of hydroxylamine groups is 2. The zero-order valence-electron chi connectivity index (χ0n) is 12.6. The summed E-state index contributed by atoms with van der Waals surface area (Å²) < 4.78 is 6.05. The molecule has 5 heteroatoms. The predicted molar refractivity (Wildman–Crippen MR) is 92.9 cm³/mol. The van der Waals surface area contributed by atoms with Crippen LogP contribution in [0.3, 0.4) is 0 Å². The van der Waals surface area contributed by atoms with Gasteiger partial charge in [0.15, 0.2) is 5.70 Å². The summed E-state index contributed by atoms with van der Waals surface area (Å²) in [5, 5.41) is 23.0. The summed E-state index contributed by atoms with van der Waals surface area (Å²) in [6, 6.07) is 18.9. The van der Waals surface area contributed by atoms with Crippen LogP contribution >= 0.6 is 11.6 Å². The summed E-state index contributed by atoms with van der Waals surface area (Å²) in [5.74, 6) is 0.627. The van der Waals surface area contributed by atoms with Crippen LogP contribution in [0.2, 0.25) is 5.02 Å². The van der Waals surface area contributed by atoms with Crippen LogP contribution in [0.4, 0.5) is 0 Å². The summed E-state index contributed by atoms with van der Waals surface area (Å²) in [6.07, 6.45) is 0.974. The Bertz CT molecular complexity index is 947. The van der Waals surface area contributed by atoms with E-state index in [-0.39, 0.29) is 5.70 Å². The lowest BCUT2D eigenvalue weighted by molar-refractivity contribution is -1.02. The first-order valence-electron chi connectivity index (χ1n) is 7.52. The van der Waals surface area contributed by atoms with Gasteiger partial charge in [-0.2, -0.15) is 5.23 Å². The number of ether oxygens (including phenoxy) is 1. The average Bonchev–Trinajstić information content (AvgIpc) is 2.60. The smallest absolute Gasteiger partial charge is 0.201 e. The van der Waals surface area contributed by atoms with Gasteiger partial charge in [0, 0.05) is 22.2 Å². The van der Waals surface area contributed by atoms with E-state index >= 15 is 0 Å². The van der Waals surface area contributed by atoms with Gasteiger partial charge in [0.05, 0.1) is 0 Å². The molecule has 3 aromatic rings. The molecule has 1 aliphatic rings. The second kappa shape index (κ2) is 5.92. The molecule has 2 atom stereocenters. The van der Waals surface area contributed by atoms with Crippen LogP contribution in [0.15, 0.2) is 66.4 Å². The third kappa shape index (κ3) is 2.56. The normalized spacial score (nSPS) is 17.8. The number of quaternary nitrogens is 1. The van der Waals surface area contributed by atoms with E-state index < -0.39 is 11.3 Å². The molecule has 1 aliphatic heterocycles. The first-order valence-corrected chi connectivity index (χ1v) is 7.90. The van der Waals surface area contributed by atoms with Crippen LogP contribution < -0.4 is 9.96 Å². The Morgan fingerprint density at radius 3 is 2.67 bits per heavy atom. The lowest BCUT2D eigenvalue weighted by Gasteiger charge is -2.29. The highest BCUT2D eigenvalue weighted by Gasteiger charge is 2.31. The van der Waals surface area contributed by atoms with E-state index in [2.05, 4.69) is 0 Å². The molecule has 0 radical (unpaired) electrons. The van der Waals surface area contributed by atoms with E-state index in [1.807, 2.05) is 42.5 Å². The SMILES string of the molecule is [O-][NH+](O)C1=Cc2cc(Cl)ccc2OC1c1cccc2ccccc12. The fourth-order valence-corrected chi connectivity index (χ4v) is 3.24. The van der Waals surface area contributed by atoms with Gasteiger partial charge in [-0.1, -0.05) is 54.1 Å². The van der Waals surface area contributed by atoms with Gasteiger partial charge < -0.3 is 9.94 Å². The zero-order valence-corrected chi connectivity index (χ0v) is 13.3. The summed E-state index contributed by atoms with van der Waals surface area (Å²) in [7, 11) is 0. The van der Waals surface area contributed by atoms with Gasteiger partial charge in [-0.25, -0.2) is 5.21 Å². The second-order valence-electron chi connectivity index (χ2n) is 5.65. The molecule has 1 heterocycles. The van der Waals surface area contributed by atoms with Crippen LogP contribution in [0.1, 0.15) is 17.2 Å². The molecule has 0 saturated heterocycles. The Balaban J connectivity index is 1.90. The van der Waals surface area contributed by atoms with Crippen molar-refractivity contribution in [3.8, 4) is 5.75 Å². The molecule has 0 saturated carbocycles. The van der Waals surface area contributed by atoms with Crippen LogP contribution in [-0.2, 0) is 0 Å². The molecule has 24 heavy (non-hydrogen) atoms. The van der Waals surface area contributed by atoms with E-state index in [0.717, 1.165) is 16.3 Å². The second-order valence-corrected chi connectivity index (χ2v) is 6.09. The van der Waals surface area contributed by atoms with Crippen molar-refractivity contribution in [1.29, 1.82) is 0 Å². The van der Waals surface area contributed by atoms with Crippen LogP contribution in [0, 0.1) is 5.21 Å². The highest BCUT2D eigenvalue weighted by Crippen LogP contribution is 2.38. The van der Waals surface area contributed by atoms with Crippen molar-refractivity contribution in [2.24, 2.45) is 0 Å². The maximum absolute atomic E-state index is 11.8. The van der Waals surface area contributed by atoms with Gasteiger partial charge in [-0.05, 0) is 29.0 Å². The molecule has 120 valence electrons. The molecule has 0 aliphatic carbocycles. The van der Waals surface area contributed by atoms with E-state index in [4.69, 9.17) is 16.3 Å². The largest absolute Gasteiger partial charge is 0.595 e. The summed E-state index contributed by atoms with van der Waals surface area (Å²) in [6.45, 7) is 0. The Labute approximate surface area is 143 Å². The molecule has 3 aromatic carbocycles. The van der Waals surface area contributed by atoms with E-state index in [1.54, 1.807) is 24.3 Å². The molecule has 0 spiro atoms. The van der Waals surface area contributed by atoms with E-state index in [1.165, 1.54) is 0 Å². The molecule has 4 rings (SSSR count). The quantitative estimate of drug-likeness (QED) is 0.699. The van der Waals surface area contributed by atoms with Crippen LogP contribution in [-0.4, -0.2) is 5.21 Å². The molecular weight excluding hydrogens is 326 g/mol. The maximum atomic E-state index is 11.8. The first-order chi connectivity index (χ1) is 11.6. The van der Waals surface area contributed by atoms with E-state index in [9.17, 15) is 10.4 Å². The maximum Gasteiger partial charge on any atom is 0.201 e. The minimum Gasteiger partial charge on any atom is -0.595 e. The molecule has 2 N–H and O–H groups in total. The zero-order chi connectivity index (χ0) is 16.7. The summed E-state index contributed by atoms with van der Waals surface area (Å²) in [5.41, 5.74) is 1.71. The number of fused-ring (bicyclic) bond motifs is 2. The molecule has 0 aromatic heterocycles. The van der Waals surface area contributed by atoms with Gasteiger partial charge in [-0.15, -0.1) is 0 Å². The summed E-state index contributed by atoms with van der Waals surface area (Å²) >= 11 is 6.00. The number of hydrogen-bond acceptors (Lipinski definition) is 3. The average molecular weight is 340 g/mol. The fourth-order valence-electron chi connectivity index (χ4n) is 3.06. The van der Waals surface area contributed by atoms with E-state index in [0.29, 0.717) is 16.3 Å². The van der Waals surface area contributed by atoms with Crippen LogP contribution in [0.5, 0.6) is 5.75 Å². The number of rotatable bonds is 2. The minimum atomic E-state index is -1.00. The van der Waals surface area contributed by atoms with Crippen LogP contribution in [0.25, 0.3) is 16.8 Å². The molecule has 4 nitrogen and oxygen atoms in total. The standard InChI is InChI=1S/C19H14ClNO3/c20-14-8-9-18-13(10-14)11-17(21(22)23)19(24-18)16-7-3-5-12-4-1-2-6-15(12)16/h1-11,19,21-22H. The lowest BCUT2D eigenvalue weighted by Crippen LogP contribution is -3.03. The number of benzene rings is 3. The van der Waals surface area contributed by atoms with Gasteiger partial charge in [0.1, 0.15) is 5.75 Å². The minimum absolute atomic E-state index is 0.195. The third-order valence-electron chi connectivity index (χ3n) is 4.16. The summed E-state index contributed by atoms with van der Waals surface area (Å²) in [4.78, 5) is 0. The third-order valence-corrected chi connectivity index (χ3v) is 4.40. The monoisotopic (exact) mass is 339 g/mol. The van der Waals surface area contributed by atoms with Crippen molar-refractivity contribution in [1.82, 2.24) is 0 Å². The Hall–Kier alpha value is -2.37. The van der Waals surface area contributed by atoms with Gasteiger partial charge >= 0.3 is 0 Å². The van der Waals surface area contributed by atoms with Crippen molar-refractivity contribution >= 4 is 28.4 Å². The van der Waals surface area contributed by atoms with Crippen molar-refractivity contribution in [2.45, 2.75) is 6.10 Å². The molecule has 2 unspecified atom stereocenters. The Morgan fingerprint density at radius 2 is 1.83 bits per heavy atom. The molecular formula is C19H14ClNO3. The van der Waals surface area contributed by atoms with Gasteiger partial charge in [-0.3, -0.25) is 0 Å². The number of nitrogens with one attached hydrogen (secondary N) is 1. The van der Waals surface area contributed by atoms with Crippen molar-refractivity contribution < 1.29 is 15.2 Å². The van der Waals surface area contributed by atoms with Crippen molar-refractivity contribution in [3.05, 3.63) is 87.7 Å². The van der Waals surface area contributed by atoms with Crippen molar-refractivity contribution in [3.63, 3.8) is 0 Å². The van der Waals surface area contributed by atoms with Gasteiger partial charge in [0.25, 0.3) is 0 Å². The highest BCUT2D eigenvalue weighted by molar-refractivity contribution is 6.30. The Morgan fingerprint density at radius 1 is 1.04 bits per heavy atom. The highest BCUT2D eigenvalue weighted by atomic mass is 35.5. The topological polar surface area (TPSA) is 57.0 Å². The lowest BCUT2D eigenvalue weighted by atomic mass is 9.96. The van der Waals surface area contributed by atoms with Crippen molar-refractivity contribution in [2.75, 3.05) is 0 Å².